The van der Waals surface area contributed by atoms with Crippen LogP contribution in [-0.2, 0) is 0 Å². The fourth-order valence-corrected chi connectivity index (χ4v) is 8.98. The summed E-state index contributed by atoms with van der Waals surface area (Å²) in [6, 6.07) is 86.4. The smallest absolute Gasteiger partial charge is 0.0540 e. The molecule has 0 heterocycles. The summed E-state index contributed by atoms with van der Waals surface area (Å²) in [6.45, 7) is 0. The van der Waals surface area contributed by atoms with Gasteiger partial charge >= 0.3 is 0 Å². The van der Waals surface area contributed by atoms with Gasteiger partial charge in [-0.2, -0.15) is 0 Å². The molecule has 276 valence electrons. The molecule has 0 amide bonds. The lowest BCUT2D eigenvalue weighted by Crippen LogP contribution is -2.11. The highest BCUT2D eigenvalue weighted by molar-refractivity contribution is 6.24. The van der Waals surface area contributed by atoms with E-state index in [4.69, 9.17) is 0 Å². The van der Waals surface area contributed by atoms with E-state index >= 15 is 0 Å². The average Bonchev–Trinajstić information content (AvgIpc) is 3.32. The van der Waals surface area contributed by atoms with Gasteiger partial charge in [0, 0.05) is 16.9 Å². The zero-order chi connectivity index (χ0) is 39.1. The number of anilines is 3. The Balaban J connectivity index is 1.17. The van der Waals surface area contributed by atoms with E-state index in [1.807, 2.05) is 0 Å². The Bertz CT molecular complexity index is 3280. The van der Waals surface area contributed by atoms with Crippen LogP contribution >= 0.6 is 0 Å². The molecule has 0 fully saturated rings. The molecule has 11 aromatic rings. The number of fused-ring (bicyclic) bond motifs is 6. The molecule has 0 atom stereocenters. The van der Waals surface area contributed by atoms with Gasteiger partial charge in [-0.15, -0.1) is 0 Å². The number of hydrogen-bond donors (Lipinski definition) is 0. The van der Waals surface area contributed by atoms with Crippen LogP contribution < -0.4 is 4.90 Å². The van der Waals surface area contributed by atoms with E-state index in [9.17, 15) is 0 Å². The predicted octanol–water partition coefficient (Wildman–Crippen LogP) is 16.4. The van der Waals surface area contributed by atoms with E-state index < -0.39 is 0 Å². The minimum absolute atomic E-state index is 1.09. The van der Waals surface area contributed by atoms with Crippen LogP contribution in [0.4, 0.5) is 17.1 Å². The lowest BCUT2D eigenvalue weighted by molar-refractivity contribution is 1.28. The largest absolute Gasteiger partial charge is 0.310 e. The number of hydrogen-bond acceptors (Lipinski definition) is 1. The van der Waals surface area contributed by atoms with Crippen LogP contribution in [0.2, 0.25) is 0 Å². The zero-order valence-corrected chi connectivity index (χ0v) is 32.5. The highest BCUT2D eigenvalue weighted by Gasteiger charge is 2.21. The van der Waals surface area contributed by atoms with Gasteiger partial charge in [0.1, 0.15) is 0 Å². The lowest BCUT2D eigenvalue weighted by Gasteiger charge is -2.29. The molecule has 0 N–H and O–H groups in total. The molecule has 0 radical (unpaired) electrons. The molecule has 1 nitrogen and oxygen atoms in total. The molecular weight excluding hydrogens is 711 g/mol. The quantitative estimate of drug-likeness (QED) is 0.147. The van der Waals surface area contributed by atoms with Gasteiger partial charge in [-0.1, -0.05) is 200 Å². The molecule has 0 unspecified atom stereocenters. The number of nitrogens with zero attached hydrogens (tertiary/aromatic N) is 1. The van der Waals surface area contributed by atoms with E-state index in [-0.39, 0.29) is 0 Å². The Morgan fingerprint density at radius 1 is 0.237 bits per heavy atom. The van der Waals surface area contributed by atoms with Crippen LogP contribution in [0.15, 0.2) is 237 Å². The SMILES string of the molecule is c1ccc(-c2ccc(N(c3ccc(-c4cccc5ccccc45)cc3)c3ccc(-c4ccccc4)cc3-c3cccc4ccc5ccc6ccccc6c5c34)cc2)cc1. The highest BCUT2D eigenvalue weighted by Crippen LogP contribution is 2.47. The van der Waals surface area contributed by atoms with E-state index in [1.165, 1.54) is 87.6 Å². The van der Waals surface area contributed by atoms with Crippen molar-refractivity contribution in [2.45, 2.75) is 0 Å². The van der Waals surface area contributed by atoms with Gasteiger partial charge in [-0.3, -0.25) is 0 Å². The monoisotopic (exact) mass is 749 g/mol. The third-order valence-corrected chi connectivity index (χ3v) is 11.8. The molecular formula is C58H39N. The van der Waals surface area contributed by atoms with Crippen molar-refractivity contribution in [1.29, 1.82) is 0 Å². The van der Waals surface area contributed by atoms with Gasteiger partial charge in [0.2, 0.25) is 0 Å². The summed E-state index contributed by atoms with van der Waals surface area (Å²) in [6.07, 6.45) is 0. The normalized spacial score (nSPS) is 11.4. The van der Waals surface area contributed by atoms with Crippen LogP contribution in [0.5, 0.6) is 0 Å². The lowest BCUT2D eigenvalue weighted by atomic mass is 9.89. The molecule has 0 saturated carbocycles. The summed E-state index contributed by atoms with van der Waals surface area (Å²) in [4.78, 5) is 2.44. The van der Waals surface area contributed by atoms with E-state index in [2.05, 4.69) is 241 Å². The topological polar surface area (TPSA) is 3.24 Å². The number of benzene rings is 11. The van der Waals surface area contributed by atoms with Gasteiger partial charge in [0.25, 0.3) is 0 Å². The second kappa shape index (κ2) is 14.6. The predicted molar refractivity (Wildman–Crippen MR) is 253 cm³/mol. The van der Waals surface area contributed by atoms with Gasteiger partial charge < -0.3 is 4.90 Å². The molecule has 0 saturated heterocycles. The summed E-state index contributed by atoms with van der Waals surface area (Å²) < 4.78 is 0. The molecule has 1 heteroatoms. The van der Waals surface area contributed by atoms with E-state index in [0.717, 1.165) is 17.1 Å². The fourth-order valence-electron chi connectivity index (χ4n) is 8.98. The zero-order valence-electron chi connectivity index (χ0n) is 32.5. The van der Waals surface area contributed by atoms with Crippen LogP contribution in [0.25, 0.3) is 87.6 Å². The molecule has 0 aliphatic heterocycles. The van der Waals surface area contributed by atoms with Crippen LogP contribution in [0.1, 0.15) is 0 Å². The maximum absolute atomic E-state index is 2.44. The fraction of sp³-hybridized carbons (Fsp3) is 0. The Labute approximate surface area is 344 Å². The van der Waals surface area contributed by atoms with Crippen molar-refractivity contribution in [3.8, 4) is 44.5 Å². The van der Waals surface area contributed by atoms with Gasteiger partial charge in [-0.25, -0.2) is 0 Å². The first kappa shape index (κ1) is 34.5. The standard InChI is InChI=1S/C58H39N/c1-3-13-40(14-4-1)42-29-34-49(35-30-42)59(50-36-31-45(32-37-50)52-23-11-19-43-17-7-9-21-51(43)52)56-38-33-48(41-15-5-2-6-16-41)39-55(56)54-24-12-20-46-27-28-47-26-25-44-18-8-10-22-53(44)57(47)58(46)54/h1-39H. The van der Waals surface area contributed by atoms with Crippen LogP contribution in [0.3, 0.4) is 0 Å². The third kappa shape index (κ3) is 6.21. The van der Waals surface area contributed by atoms with Crippen molar-refractivity contribution in [1.82, 2.24) is 0 Å². The van der Waals surface area contributed by atoms with Gasteiger partial charge in [0.05, 0.1) is 5.69 Å². The van der Waals surface area contributed by atoms with Crippen molar-refractivity contribution in [3.63, 3.8) is 0 Å². The summed E-state index contributed by atoms with van der Waals surface area (Å²) in [5.41, 5.74) is 12.8. The van der Waals surface area contributed by atoms with Crippen molar-refractivity contribution in [3.05, 3.63) is 237 Å². The first-order valence-corrected chi connectivity index (χ1v) is 20.3. The highest BCUT2D eigenvalue weighted by atomic mass is 15.1. The maximum Gasteiger partial charge on any atom is 0.0540 e. The van der Waals surface area contributed by atoms with Gasteiger partial charge in [0.15, 0.2) is 0 Å². The Morgan fingerprint density at radius 3 is 1.37 bits per heavy atom. The number of rotatable bonds is 7. The Kier molecular flexibility index (Phi) is 8.56. The molecule has 59 heavy (non-hydrogen) atoms. The molecule has 0 bridgehead atoms. The Morgan fingerprint density at radius 2 is 0.695 bits per heavy atom. The van der Waals surface area contributed by atoms with Crippen molar-refractivity contribution >= 4 is 60.2 Å². The molecule has 11 aromatic carbocycles. The van der Waals surface area contributed by atoms with E-state index in [0.29, 0.717) is 0 Å². The van der Waals surface area contributed by atoms with Crippen molar-refractivity contribution < 1.29 is 0 Å². The molecule has 0 spiro atoms. The third-order valence-electron chi connectivity index (χ3n) is 11.8. The first-order chi connectivity index (χ1) is 29.3. The average molecular weight is 750 g/mol. The van der Waals surface area contributed by atoms with Crippen LogP contribution in [0, 0.1) is 0 Å². The summed E-state index contributed by atoms with van der Waals surface area (Å²) in [7, 11) is 0. The minimum atomic E-state index is 1.09. The first-order valence-electron chi connectivity index (χ1n) is 20.3. The Hall–Kier alpha value is -7.74. The molecule has 0 aromatic heterocycles. The minimum Gasteiger partial charge on any atom is -0.310 e. The second-order valence-electron chi connectivity index (χ2n) is 15.3. The summed E-state index contributed by atoms with van der Waals surface area (Å²) in [5.74, 6) is 0. The summed E-state index contributed by atoms with van der Waals surface area (Å²) in [5, 5.41) is 10.0. The second-order valence-corrected chi connectivity index (χ2v) is 15.3. The molecule has 0 aliphatic carbocycles. The van der Waals surface area contributed by atoms with Crippen molar-refractivity contribution in [2.24, 2.45) is 0 Å². The summed E-state index contributed by atoms with van der Waals surface area (Å²) >= 11 is 0. The van der Waals surface area contributed by atoms with E-state index in [1.54, 1.807) is 0 Å². The molecule has 11 rings (SSSR count). The van der Waals surface area contributed by atoms with Crippen molar-refractivity contribution in [2.75, 3.05) is 4.90 Å². The van der Waals surface area contributed by atoms with Crippen LogP contribution in [-0.4, -0.2) is 0 Å². The maximum atomic E-state index is 2.44. The van der Waals surface area contributed by atoms with Gasteiger partial charge in [-0.05, 0) is 118 Å². The molecule has 0 aliphatic rings.